The van der Waals surface area contributed by atoms with E-state index in [0.29, 0.717) is 24.3 Å². The first-order chi connectivity index (χ1) is 15.0. The van der Waals surface area contributed by atoms with Crippen molar-refractivity contribution < 1.29 is 26.0 Å². The molecule has 4 rings (SSSR count). The number of benzene rings is 2. The molecule has 11 heteroatoms. The van der Waals surface area contributed by atoms with Gasteiger partial charge in [-0.3, -0.25) is 4.79 Å². The maximum absolute atomic E-state index is 14.1. The zero-order valence-electron chi connectivity index (χ0n) is 17.7. The average Bonchev–Trinajstić information content (AvgIpc) is 2.94. The number of aryl methyl sites for hydroxylation is 1. The highest BCUT2D eigenvalue weighted by atomic mass is 32.2. The minimum atomic E-state index is -3.84. The lowest BCUT2D eigenvalue weighted by Crippen LogP contribution is -2.49. The van der Waals surface area contributed by atoms with Gasteiger partial charge in [0.2, 0.25) is 26.0 Å². The molecule has 2 heterocycles. The Morgan fingerprint density at radius 1 is 1.03 bits per heavy atom. The van der Waals surface area contributed by atoms with Crippen LogP contribution in [0.3, 0.4) is 0 Å². The van der Waals surface area contributed by atoms with Crippen molar-refractivity contribution in [1.29, 1.82) is 0 Å². The highest BCUT2D eigenvalue weighted by molar-refractivity contribution is 7.94. The van der Waals surface area contributed by atoms with Gasteiger partial charge >= 0.3 is 0 Å². The molecule has 0 saturated carbocycles. The van der Waals surface area contributed by atoms with Gasteiger partial charge in [-0.25, -0.2) is 25.5 Å². The molecule has 0 aliphatic carbocycles. The lowest BCUT2D eigenvalue weighted by molar-refractivity contribution is -0.119. The number of para-hydroxylation sites is 1. The summed E-state index contributed by atoms with van der Waals surface area (Å²) in [5.74, 6) is -1.79. The van der Waals surface area contributed by atoms with E-state index in [-0.39, 0.29) is 35.2 Å². The van der Waals surface area contributed by atoms with Gasteiger partial charge in [-0.15, -0.1) is 0 Å². The van der Waals surface area contributed by atoms with Crippen LogP contribution in [-0.2, 0) is 24.8 Å². The topological polar surface area (TPSA) is 95.1 Å². The van der Waals surface area contributed by atoms with E-state index in [0.717, 1.165) is 4.31 Å². The Morgan fingerprint density at radius 2 is 1.69 bits per heavy atom. The third-order valence-corrected chi connectivity index (χ3v) is 9.73. The van der Waals surface area contributed by atoms with Crippen molar-refractivity contribution in [2.75, 3.05) is 41.1 Å². The molecule has 0 aromatic heterocycles. The van der Waals surface area contributed by atoms with Gasteiger partial charge in [0.15, 0.2) is 0 Å². The smallest absolute Gasteiger partial charge is 0.244 e. The van der Waals surface area contributed by atoms with Crippen LogP contribution in [0.2, 0.25) is 0 Å². The number of nitrogens with zero attached hydrogens (tertiary/aromatic N) is 3. The van der Waals surface area contributed by atoms with E-state index >= 15 is 0 Å². The second-order valence-corrected chi connectivity index (χ2v) is 11.8. The first kappa shape index (κ1) is 22.7. The molecule has 0 unspecified atom stereocenters. The number of sulfonamides is 2. The number of carbonyl (C=O) groups excluding carboxylic acids is 1. The third-order valence-electron chi connectivity index (χ3n) is 5.80. The van der Waals surface area contributed by atoms with E-state index in [9.17, 15) is 26.0 Å². The Labute approximate surface area is 187 Å². The van der Waals surface area contributed by atoms with Gasteiger partial charge in [-0.1, -0.05) is 19.1 Å². The molecular weight excluding hydrogens is 457 g/mol. The van der Waals surface area contributed by atoms with Gasteiger partial charge < -0.3 is 4.90 Å². The van der Waals surface area contributed by atoms with Gasteiger partial charge in [0.05, 0.1) is 27.9 Å². The number of halogens is 1. The SMILES string of the molecule is Cc1cc(N2C(=O)[C@H](C)CS2(=O)=O)ccc1S(=O)(=O)N1CCN(c2ccccc2F)CC1. The molecule has 2 aliphatic heterocycles. The summed E-state index contributed by atoms with van der Waals surface area (Å²) >= 11 is 0. The van der Waals surface area contributed by atoms with Crippen LogP contribution in [0.25, 0.3) is 0 Å². The second-order valence-electron chi connectivity index (χ2n) is 8.07. The van der Waals surface area contributed by atoms with Gasteiger partial charge in [0, 0.05) is 26.2 Å². The van der Waals surface area contributed by atoms with E-state index in [1.54, 1.807) is 32.0 Å². The lowest BCUT2D eigenvalue weighted by atomic mass is 10.2. The Hall–Kier alpha value is -2.50. The Balaban J connectivity index is 1.55. The van der Waals surface area contributed by atoms with Gasteiger partial charge in [0.1, 0.15) is 5.82 Å². The van der Waals surface area contributed by atoms with Crippen LogP contribution in [-0.4, -0.2) is 59.0 Å². The first-order valence-electron chi connectivity index (χ1n) is 10.2. The first-order valence-corrected chi connectivity index (χ1v) is 13.2. The summed E-state index contributed by atoms with van der Waals surface area (Å²) in [5, 5.41) is 0. The molecule has 32 heavy (non-hydrogen) atoms. The summed E-state index contributed by atoms with van der Waals surface area (Å²) < 4.78 is 67.3. The summed E-state index contributed by atoms with van der Waals surface area (Å²) in [5.41, 5.74) is 0.928. The fraction of sp³-hybridized carbons (Fsp3) is 0.381. The molecular formula is C21H24FN3O5S2. The number of hydrogen-bond donors (Lipinski definition) is 0. The van der Waals surface area contributed by atoms with Crippen molar-refractivity contribution in [2.24, 2.45) is 5.92 Å². The van der Waals surface area contributed by atoms with Crippen molar-refractivity contribution in [3.05, 3.63) is 53.8 Å². The minimum absolute atomic E-state index is 0.0534. The summed E-state index contributed by atoms with van der Waals surface area (Å²) in [6.45, 7) is 4.18. The van der Waals surface area contributed by atoms with Crippen molar-refractivity contribution in [1.82, 2.24) is 4.31 Å². The molecule has 1 amide bonds. The van der Waals surface area contributed by atoms with E-state index in [1.165, 1.54) is 28.6 Å². The highest BCUT2D eigenvalue weighted by Gasteiger charge is 2.42. The maximum atomic E-state index is 14.1. The average molecular weight is 482 g/mol. The zero-order valence-corrected chi connectivity index (χ0v) is 19.4. The predicted octanol–water partition coefficient (Wildman–Crippen LogP) is 1.96. The van der Waals surface area contributed by atoms with Crippen molar-refractivity contribution >= 4 is 37.3 Å². The van der Waals surface area contributed by atoms with Gasteiger partial charge in [0.25, 0.3) is 0 Å². The van der Waals surface area contributed by atoms with Crippen LogP contribution in [0.5, 0.6) is 0 Å². The molecule has 2 saturated heterocycles. The van der Waals surface area contributed by atoms with Crippen molar-refractivity contribution in [3.8, 4) is 0 Å². The Morgan fingerprint density at radius 3 is 2.25 bits per heavy atom. The van der Waals surface area contributed by atoms with Crippen LogP contribution in [0.15, 0.2) is 47.4 Å². The van der Waals surface area contributed by atoms with Crippen LogP contribution in [0.1, 0.15) is 12.5 Å². The second kappa shape index (κ2) is 8.13. The molecule has 0 bridgehead atoms. The number of hydrogen-bond acceptors (Lipinski definition) is 6. The van der Waals surface area contributed by atoms with Crippen LogP contribution >= 0.6 is 0 Å². The molecule has 1 atom stereocenters. The lowest BCUT2D eigenvalue weighted by Gasteiger charge is -2.35. The third kappa shape index (κ3) is 3.89. The number of piperazine rings is 1. The van der Waals surface area contributed by atoms with Gasteiger partial charge in [-0.2, -0.15) is 4.31 Å². The van der Waals surface area contributed by atoms with E-state index in [4.69, 9.17) is 0 Å². The van der Waals surface area contributed by atoms with Crippen LogP contribution in [0, 0.1) is 18.7 Å². The standard InChI is InChI=1S/C21H24FN3O5S2/c1-15-13-17(25-21(26)16(2)14-31(25,27)28)7-8-20(15)32(29,30)24-11-9-23(10-12-24)19-6-4-3-5-18(19)22/h3-8,13,16H,9-12,14H2,1-2H3/t16-/m1/s1. The summed E-state index contributed by atoms with van der Waals surface area (Å²) in [7, 11) is -7.61. The summed E-state index contributed by atoms with van der Waals surface area (Å²) in [4.78, 5) is 14.2. The molecule has 2 aliphatic rings. The fourth-order valence-corrected chi connectivity index (χ4v) is 7.59. The van der Waals surface area contributed by atoms with Crippen molar-refractivity contribution in [3.63, 3.8) is 0 Å². The van der Waals surface area contributed by atoms with Gasteiger partial charge in [-0.05, 0) is 42.8 Å². The molecule has 2 fully saturated rings. The maximum Gasteiger partial charge on any atom is 0.244 e. The number of anilines is 2. The Kier molecular flexibility index (Phi) is 5.76. The summed E-state index contributed by atoms with van der Waals surface area (Å²) in [6.07, 6.45) is 0. The molecule has 0 radical (unpaired) electrons. The molecule has 0 N–H and O–H groups in total. The minimum Gasteiger partial charge on any atom is -0.367 e. The van der Waals surface area contributed by atoms with Crippen LogP contribution in [0.4, 0.5) is 15.8 Å². The molecule has 8 nitrogen and oxygen atoms in total. The highest BCUT2D eigenvalue weighted by Crippen LogP contribution is 2.32. The molecule has 0 spiro atoms. The zero-order chi connectivity index (χ0) is 23.3. The predicted molar refractivity (Wildman–Crippen MR) is 119 cm³/mol. The summed E-state index contributed by atoms with van der Waals surface area (Å²) in [6, 6.07) is 10.5. The quantitative estimate of drug-likeness (QED) is 0.663. The Bertz CT molecular complexity index is 1270. The largest absolute Gasteiger partial charge is 0.367 e. The number of carbonyl (C=O) groups is 1. The fourth-order valence-electron chi connectivity index (χ4n) is 4.15. The van der Waals surface area contributed by atoms with E-state index in [1.807, 2.05) is 4.90 Å². The molecule has 2 aromatic carbocycles. The monoisotopic (exact) mass is 481 g/mol. The number of amides is 1. The van der Waals surface area contributed by atoms with Crippen LogP contribution < -0.4 is 9.21 Å². The molecule has 2 aromatic rings. The number of rotatable bonds is 4. The van der Waals surface area contributed by atoms with E-state index < -0.39 is 31.9 Å². The normalized spacial score (nSPS) is 21.8. The molecule has 172 valence electrons. The van der Waals surface area contributed by atoms with E-state index in [2.05, 4.69) is 0 Å². The van der Waals surface area contributed by atoms with Crippen molar-refractivity contribution in [2.45, 2.75) is 18.7 Å².